The number of aromatic nitrogens is 5. The molecule has 1 fully saturated rings. The summed E-state index contributed by atoms with van der Waals surface area (Å²) in [5, 5.41) is 6.41. The van der Waals surface area contributed by atoms with Crippen molar-refractivity contribution < 1.29 is 13.9 Å². The molecule has 13 heteroatoms. The van der Waals surface area contributed by atoms with Crippen molar-refractivity contribution in [2.45, 2.75) is 38.3 Å². The van der Waals surface area contributed by atoms with Gasteiger partial charge in [0.05, 0.1) is 7.11 Å². The first-order chi connectivity index (χ1) is 19.0. The first-order valence-corrected chi connectivity index (χ1v) is 13.3. The SMILES string of the molecule is COC(=O)[C@H](CCCCN)Nc1nc(NCCc2ncc[nH]2)nc(N2CCN(Cc3ccc(F)cc3)CC2)n1. The minimum atomic E-state index is -0.597. The molecule has 1 saturated heterocycles. The molecule has 1 aliphatic heterocycles. The number of hydrogen-bond donors (Lipinski definition) is 4. The third-order valence-corrected chi connectivity index (χ3v) is 6.53. The zero-order chi connectivity index (χ0) is 27.5. The molecule has 0 spiro atoms. The number of methoxy groups -OCH3 is 1. The summed E-state index contributed by atoms with van der Waals surface area (Å²) in [4.78, 5) is 38.1. The van der Waals surface area contributed by atoms with Crippen LogP contribution in [0.1, 0.15) is 30.7 Å². The lowest BCUT2D eigenvalue weighted by atomic mass is 10.1. The summed E-state index contributed by atoms with van der Waals surface area (Å²) in [7, 11) is 1.37. The van der Waals surface area contributed by atoms with E-state index in [0.717, 1.165) is 43.9 Å². The number of halogens is 1. The van der Waals surface area contributed by atoms with Gasteiger partial charge in [-0.2, -0.15) is 15.0 Å². The Hall–Kier alpha value is -3.84. The number of anilines is 3. The Kier molecular flexibility index (Phi) is 10.4. The van der Waals surface area contributed by atoms with Crippen LogP contribution in [0.2, 0.25) is 0 Å². The molecule has 2 aromatic heterocycles. The van der Waals surface area contributed by atoms with Gasteiger partial charge in [0.25, 0.3) is 0 Å². The van der Waals surface area contributed by atoms with E-state index < -0.39 is 6.04 Å². The van der Waals surface area contributed by atoms with Gasteiger partial charge in [-0.1, -0.05) is 12.1 Å². The number of benzene rings is 1. The second-order valence-electron chi connectivity index (χ2n) is 9.39. The van der Waals surface area contributed by atoms with Gasteiger partial charge in [0.2, 0.25) is 17.8 Å². The van der Waals surface area contributed by atoms with E-state index in [1.54, 1.807) is 12.4 Å². The number of nitrogens with one attached hydrogen (secondary N) is 3. The Balaban J connectivity index is 1.45. The smallest absolute Gasteiger partial charge is 0.328 e. The van der Waals surface area contributed by atoms with Gasteiger partial charge in [-0.3, -0.25) is 4.90 Å². The number of nitrogens with two attached hydrogens (primary N) is 1. The van der Waals surface area contributed by atoms with Crippen molar-refractivity contribution >= 4 is 23.8 Å². The van der Waals surface area contributed by atoms with Crippen molar-refractivity contribution in [3.8, 4) is 0 Å². The maximum Gasteiger partial charge on any atom is 0.328 e. The van der Waals surface area contributed by atoms with Gasteiger partial charge in [0.1, 0.15) is 17.7 Å². The zero-order valence-electron chi connectivity index (χ0n) is 22.3. The van der Waals surface area contributed by atoms with Crippen LogP contribution in [0.15, 0.2) is 36.7 Å². The van der Waals surface area contributed by atoms with Gasteiger partial charge in [0.15, 0.2) is 0 Å². The lowest BCUT2D eigenvalue weighted by Gasteiger charge is -2.35. The molecule has 1 atom stereocenters. The molecular weight excluding hydrogens is 503 g/mol. The molecule has 0 amide bonds. The third kappa shape index (κ3) is 8.58. The van der Waals surface area contributed by atoms with Gasteiger partial charge in [-0.15, -0.1) is 0 Å². The number of rotatable bonds is 14. The largest absolute Gasteiger partial charge is 0.467 e. The van der Waals surface area contributed by atoms with Crippen LogP contribution in [0, 0.1) is 5.82 Å². The molecular formula is C26H37FN10O2. The highest BCUT2D eigenvalue weighted by Gasteiger charge is 2.24. The van der Waals surface area contributed by atoms with Crippen molar-refractivity contribution in [1.82, 2.24) is 29.8 Å². The normalized spacial score (nSPS) is 14.7. The number of carbonyl (C=O) groups is 1. The lowest BCUT2D eigenvalue weighted by molar-refractivity contribution is -0.141. The number of ether oxygens (including phenoxy) is 1. The zero-order valence-corrected chi connectivity index (χ0v) is 22.3. The lowest BCUT2D eigenvalue weighted by Crippen LogP contribution is -2.46. The van der Waals surface area contributed by atoms with Crippen molar-refractivity contribution in [2.75, 3.05) is 61.9 Å². The Morgan fingerprint density at radius 3 is 2.59 bits per heavy atom. The van der Waals surface area contributed by atoms with Crippen LogP contribution in [-0.2, 0) is 22.5 Å². The maximum absolute atomic E-state index is 13.3. The monoisotopic (exact) mass is 540 g/mol. The van der Waals surface area contributed by atoms with E-state index in [4.69, 9.17) is 10.5 Å². The molecule has 0 unspecified atom stereocenters. The minimum absolute atomic E-state index is 0.231. The number of imidazole rings is 1. The predicted molar refractivity (Wildman–Crippen MR) is 147 cm³/mol. The third-order valence-electron chi connectivity index (χ3n) is 6.53. The van der Waals surface area contributed by atoms with Crippen LogP contribution in [0.3, 0.4) is 0 Å². The number of carbonyl (C=O) groups excluding carboxylic acids is 1. The average Bonchev–Trinajstić information content (AvgIpc) is 3.47. The fourth-order valence-electron chi connectivity index (χ4n) is 4.37. The molecule has 1 aromatic carbocycles. The van der Waals surface area contributed by atoms with Crippen LogP contribution in [0.4, 0.5) is 22.2 Å². The van der Waals surface area contributed by atoms with Crippen molar-refractivity contribution in [3.05, 3.63) is 53.9 Å². The molecule has 4 rings (SSSR count). The van der Waals surface area contributed by atoms with Crippen LogP contribution in [0.25, 0.3) is 0 Å². The van der Waals surface area contributed by atoms with E-state index in [1.807, 2.05) is 12.1 Å². The van der Waals surface area contributed by atoms with Crippen LogP contribution in [0.5, 0.6) is 0 Å². The first kappa shape index (κ1) is 28.2. The number of aromatic amines is 1. The highest BCUT2D eigenvalue weighted by atomic mass is 19.1. The Labute approximate surface area is 227 Å². The quantitative estimate of drug-likeness (QED) is 0.175. The molecule has 0 aliphatic carbocycles. The summed E-state index contributed by atoms with van der Waals surface area (Å²) >= 11 is 0. The molecule has 0 bridgehead atoms. The molecule has 5 N–H and O–H groups in total. The van der Waals surface area contributed by atoms with Crippen molar-refractivity contribution in [1.29, 1.82) is 0 Å². The Morgan fingerprint density at radius 2 is 1.90 bits per heavy atom. The standard InChI is InChI=1S/C26H37FN10O2/c1-39-23(38)21(4-2-3-10-28)32-25-33-24(31-11-9-22-29-12-13-30-22)34-26(35-25)37-16-14-36(15-17-37)18-19-5-7-20(27)8-6-19/h5-8,12-13,21H,2-4,9-11,14-18,28H2,1H3,(H,29,30)(H2,31,32,33,34,35)/t21-/m0/s1. The summed E-state index contributed by atoms with van der Waals surface area (Å²) in [6.45, 7) is 4.91. The minimum Gasteiger partial charge on any atom is -0.467 e. The number of H-pyrrole nitrogens is 1. The van der Waals surface area contributed by atoms with E-state index in [-0.39, 0.29) is 11.8 Å². The van der Waals surface area contributed by atoms with E-state index in [2.05, 4.69) is 45.4 Å². The second kappa shape index (κ2) is 14.4. The number of unbranched alkanes of at least 4 members (excludes halogenated alkanes) is 1. The van der Waals surface area contributed by atoms with Gasteiger partial charge in [0, 0.05) is 58.1 Å². The van der Waals surface area contributed by atoms with E-state index in [1.165, 1.54) is 19.2 Å². The van der Waals surface area contributed by atoms with E-state index in [9.17, 15) is 9.18 Å². The van der Waals surface area contributed by atoms with Crippen LogP contribution in [-0.4, -0.2) is 88.2 Å². The average molecular weight is 541 g/mol. The van der Waals surface area contributed by atoms with Gasteiger partial charge >= 0.3 is 5.97 Å². The fourth-order valence-corrected chi connectivity index (χ4v) is 4.37. The molecule has 0 radical (unpaired) electrons. The fraction of sp³-hybridized carbons (Fsp3) is 0.500. The van der Waals surface area contributed by atoms with Crippen molar-refractivity contribution in [2.24, 2.45) is 5.73 Å². The molecule has 39 heavy (non-hydrogen) atoms. The number of nitrogens with zero attached hydrogens (tertiary/aromatic N) is 6. The number of hydrogen-bond acceptors (Lipinski definition) is 11. The van der Waals surface area contributed by atoms with Gasteiger partial charge < -0.3 is 31.0 Å². The topological polar surface area (TPSA) is 150 Å². The highest BCUT2D eigenvalue weighted by molar-refractivity contribution is 5.78. The highest BCUT2D eigenvalue weighted by Crippen LogP contribution is 2.19. The van der Waals surface area contributed by atoms with E-state index >= 15 is 0 Å². The maximum atomic E-state index is 13.3. The second-order valence-corrected chi connectivity index (χ2v) is 9.39. The number of esters is 1. The number of piperazine rings is 1. The van der Waals surface area contributed by atoms with Crippen molar-refractivity contribution in [3.63, 3.8) is 0 Å². The molecule has 3 aromatic rings. The molecule has 12 nitrogen and oxygen atoms in total. The molecule has 210 valence electrons. The Bertz CT molecular complexity index is 1150. The van der Waals surface area contributed by atoms with Gasteiger partial charge in [-0.05, 0) is 43.5 Å². The summed E-state index contributed by atoms with van der Waals surface area (Å²) in [5.74, 6) is 1.49. The predicted octanol–water partition coefficient (Wildman–Crippen LogP) is 1.79. The van der Waals surface area contributed by atoms with Gasteiger partial charge in [-0.25, -0.2) is 14.2 Å². The molecule has 3 heterocycles. The van der Waals surface area contributed by atoms with Crippen LogP contribution >= 0.6 is 0 Å². The summed E-state index contributed by atoms with van der Waals surface area (Å²) in [5.41, 5.74) is 6.70. The summed E-state index contributed by atoms with van der Waals surface area (Å²) in [6.07, 6.45) is 6.29. The molecule has 1 aliphatic rings. The molecule has 0 saturated carbocycles. The first-order valence-electron chi connectivity index (χ1n) is 13.3. The van der Waals surface area contributed by atoms with E-state index in [0.29, 0.717) is 56.9 Å². The Morgan fingerprint density at radius 1 is 1.13 bits per heavy atom. The van der Waals surface area contributed by atoms with Crippen LogP contribution < -0.4 is 21.3 Å². The summed E-state index contributed by atoms with van der Waals surface area (Å²) < 4.78 is 18.3. The summed E-state index contributed by atoms with van der Waals surface area (Å²) in [6, 6.07) is 6.02.